The van der Waals surface area contributed by atoms with E-state index in [1.165, 1.54) is 15.3 Å². The van der Waals surface area contributed by atoms with E-state index >= 15 is 0 Å². The Morgan fingerprint density at radius 1 is 1.41 bits per heavy atom. The Balaban J connectivity index is 1.82. The summed E-state index contributed by atoms with van der Waals surface area (Å²) in [5.74, 6) is 0. The van der Waals surface area contributed by atoms with Crippen LogP contribution in [0.2, 0.25) is 0 Å². The summed E-state index contributed by atoms with van der Waals surface area (Å²) in [6, 6.07) is 4.90. The summed E-state index contributed by atoms with van der Waals surface area (Å²) in [5.41, 5.74) is 2.40. The molecule has 1 atom stereocenters. The van der Waals surface area contributed by atoms with Gasteiger partial charge in [0, 0.05) is 33.6 Å². The molecule has 2 aromatic rings. The van der Waals surface area contributed by atoms with Gasteiger partial charge in [-0.3, -0.25) is 5.10 Å². The normalized spacial score (nSPS) is 12.9. The Kier molecular flexibility index (Phi) is 3.97. The molecule has 0 aromatic carbocycles. The lowest BCUT2D eigenvalue weighted by atomic mass is 10.2. The minimum atomic E-state index is 0.488. The van der Waals surface area contributed by atoms with E-state index in [2.05, 4.69) is 48.4 Å². The molecule has 0 saturated heterocycles. The van der Waals surface area contributed by atoms with Gasteiger partial charge >= 0.3 is 0 Å². The molecule has 0 amide bonds. The fraction of sp³-hybridized carbons (Fsp3) is 0.462. The van der Waals surface area contributed by atoms with E-state index in [-0.39, 0.29) is 0 Å². The number of rotatable bonds is 5. The van der Waals surface area contributed by atoms with Gasteiger partial charge in [0.15, 0.2) is 0 Å². The largest absolute Gasteiger partial charge is 0.310 e. The van der Waals surface area contributed by atoms with Gasteiger partial charge < -0.3 is 5.32 Å². The second kappa shape index (κ2) is 5.47. The molecule has 0 aliphatic rings. The minimum absolute atomic E-state index is 0.488. The highest BCUT2D eigenvalue weighted by Crippen LogP contribution is 2.16. The number of hydrogen-bond acceptors (Lipinski definition) is 3. The zero-order valence-corrected chi connectivity index (χ0v) is 11.4. The first-order valence-corrected chi connectivity index (χ1v) is 6.74. The van der Waals surface area contributed by atoms with Crippen LogP contribution < -0.4 is 5.32 Å². The van der Waals surface area contributed by atoms with Crippen molar-refractivity contribution in [2.75, 3.05) is 0 Å². The molecule has 3 nitrogen and oxygen atoms in total. The Labute approximate surface area is 106 Å². The van der Waals surface area contributed by atoms with Crippen LogP contribution in [0.4, 0.5) is 0 Å². The Bertz CT molecular complexity index is 472. The second-order valence-electron chi connectivity index (χ2n) is 4.52. The zero-order valence-electron chi connectivity index (χ0n) is 10.6. The third-order valence-electron chi connectivity index (χ3n) is 2.88. The number of aryl methyl sites for hydroxylation is 2. The first-order valence-electron chi connectivity index (χ1n) is 5.92. The topological polar surface area (TPSA) is 40.7 Å². The number of thiophene rings is 1. The Morgan fingerprint density at radius 3 is 2.82 bits per heavy atom. The molecule has 17 heavy (non-hydrogen) atoms. The minimum Gasteiger partial charge on any atom is -0.310 e. The first-order chi connectivity index (χ1) is 8.15. The van der Waals surface area contributed by atoms with Crippen molar-refractivity contribution in [1.29, 1.82) is 0 Å². The summed E-state index contributed by atoms with van der Waals surface area (Å²) in [5, 5.41) is 10.5. The lowest BCUT2D eigenvalue weighted by Crippen LogP contribution is -2.27. The second-order valence-corrected chi connectivity index (χ2v) is 5.89. The number of hydrogen-bond donors (Lipinski definition) is 2. The fourth-order valence-electron chi connectivity index (χ4n) is 1.81. The van der Waals surface area contributed by atoms with Crippen LogP contribution >= 0.6 is 11.3 Å². The molecule has 0 bridgehead atoms. The maximum Gasteiger partial charge on any atom is 0.0535 e. The van der Waals surface area contributed by atoms with E-state index in [1.54, 1.807) is 0 Å². The number of H-pyrrole nitrogens is 1. The van der Waals surface area contributed by atoms with Gasteiger partial charge in [0.05, 0.1) is 6.20 Å². The van der Waals surface area contributed by atoms with Crippen molar-refractivity contribution in [3.63, 3.8) is 0 Å². The third kappa shape index (κ3) is 3.41. The molecule has 2 N–H and O–H groups in total. The van der Waals surface area contributed by atoms with Crippen LogP contribution in [0.5, 0.6) is 0 Å². The number of aromatic amines is 1. The molecule has 1 unspecified atom stereocenters. The van der Waals surface area contributed by atoms with Gasteiger partial charge in [0.1, 0.15) is 0 Å². The van der Waals surface area contributed by atoms with Crippen LogP contribution in [0, 0.1) is 13.8 Å². The average molecular weight is 249 g/mol. The van der Waals surface area contributed by atoms with Crippen LogP contribution in [0.1, 0.15) is 27.9 Å². The zero-order chi connectivity index (χ0) is 12.3. The highest BCUT2D eigenvalue weighted by molar-refractivity contribution is 7.11. The van der Waals surface area contributed by atoms with Crippen molar-refractivity contribution in [3.05, 3.63) is 39.3 Å². The van der Waals surface area contributed by atoms with E-state index in [9.17, 15) is 0 Å². The van der Waals surface area contributed by atoms with E-state index in [0.717, 1.165) is 18.7 Å². The van der Waals surface area contributed by atoms with Crippen LogP contribution in [-0.2, 0) is 13.0 Å². The van der Waals surface area contributed by atoms with Crippen molar-refractivity contribution in [2.24, 2.45) is 0 Å². The molecular weight excluding hydrogens is 230 g/mol. The van der Waals surface area contributed by atoms with Crippen LogP contribution in [0.25, 0.3) is 0 Å². The predicted octanol–water partition coefficient (Wildman–Crippen LogP) is 2.81. The summed E-state index contributed by atoms with van der Waals surface area (Å²) >= 11 is 1.88. The van der Waals surface area contributed by atoms with Crippen LogP contribution in [0.15, 0.2) is 18.3 Å². The summed E-state index contributed by atoms with van der Waals surface area (Å²) in [4.78, 5) is 2.84. The van der Waals surface area contributed by atoms with E-state index in [4.69, 9.17) is 0 Å². The average Bonchev–Trinajstić information content (AvgIpc) is 2.85. The highest BCUT2D eigenvalue weighted by Gasteiger charge is 2.06. The molecule has 0 aliphatic carbocycles. The van der Waals surface area contributed by atoms with E-state index in [1.807, 2.05) is 17.5 Å². The monoisotopic (exact) mass is 249 g/mol. The van der Waals surface area contributed by atoms with Crippen molar-refractivity contribution >= 4 is 11.3 Å². The Morgan fingerprint density at radius 2 is 2.24 bits per heavy atom. The molecule has 0 spiro atoms. The van der Waals surface area contributed by atoms with Crippen LogP contribution in [0.3, 0.4) is 0 Å². The molecule has 0 fully saturated rings. The number of aromatic nitrogens is 2. The van der Waals surface area contributed by atoms with Crippen molar-refractivity contribution in [3.8, 4) is 0 Å². The summed E-state index contributed by atoms with van der Waals surface area (Å²) < 4.78 is 0. The molecule has 2 rings (SSSR count). The van der Waals surface area contributed by atoms with E-state index in [0.29, 0.717) is 6.04 Å². The SMILES string of the molecule is Cc1ccc(CC(C)NCc2cn[nH]c2C)s1. The van der Waals surface area contributed by atoms with Gasteiger partial charge in [-0.2, -0.15) is 5.10 Å². The molecule has 0 aliphatic heterocycles. The first kappa shape index (κ1) is 12.3. The maximum absolute atomic E-state index is 4.02. The van der Waals surface area contributed by atoms with Crippen molar-refractivity contribution in [1.82, 2.24) is 15.5 Å². The van der Waals surface area contributed by atoms with Gasteiger partial charge in [-0.15, -0.1) is 11.3 Å². The lowest BCUT2D eigenvalue weighted by Gasteiger charge is -2.12. The Hall–Kier alpha value is -1.13. The van der Waals surface area contributed by atoms with Gasteiger partial charge in [0.25, 0.3) is 0 Å². The summed E-state index contributed by atoms with van der Waals surface area (Å²) in [6.45, 7) is 7.32. The van der Waals surface area contributed by atoms with Crippen LogP contribution in [-0.4, -0.2) is 16.2 Å². The molecule has 0 saturated carbocycles. The number of nitrogens with one attached hydrogen (secondary N) is 2. The summed E-state index contributed by atoms with van der Waals surface area (Å²) in [7, 11) is 0. The van der Waals surface area contributed by atoms with E-state index < -0.39 is 0 Å². The third-order valence-corrected chi connectivity index (χ3v) is 3.90. The molecular formula is C13H19N3S. The summed E-state index contributed by atoms with van der Waals surface area (Å²) in [6.07, 6.45) is 2.99. The maximum atomic E-state index is 4.02. The van der Waals surface area contributed by atoms with Crippen molar-refractivity contribution in [2.45, 2.75) is 39.8 Å². The van der Waals surface area contributed by atoms with Gasteiger partial charge in [0.2, 0.25) is 0 Å². The van der Waals surface area contributed by atoms with Gasteiger partial charge in [-0.1, -0.05) is 0 Å². The molecule has 0 radical (unpaired) electrons. The molecule has 92 valence electrons. The molecule has 4 heteroatoms. The fourth-order valence-corrected chi connectivity index (χ4v) is 2.83. The predicted molar refractivity (Wildman–Crippen MR) is 72.4 cm³/mol. The lowest BCUT2D eigenvalue weighted by molar-refractivity contribution is 0.548. The molecule has 2 heterocycles. The highest BCUT2D eigenvalue weighted by atomic mass is 32.1. The van der Waals surface area contributed by atoms with Crippen molar-refractivity contribution < 1.29 is 0 Å². The number of nitrogens with zero attached hydrogens (tertiary/aromatic N) is 1. The van der Waals surface area contributed by atoms with Gasteiger partial charge in [-0.05, 0) is 39.3 Å². The van der Waals surface area contributed by atoms with Gasteiger partial charge in [-0.25, -0.2) is 0 Å². The smallest absolute Gasteiger partial charge is 0.0535 e. The quantitative estimate of drug-likeness (QED) is 0.855. The molecule has 2 aromatic heterocycles. The standard InChI is InChI=1S/C13H19N3S/c1-9(6-13-5-4-10(2)17-13)14-7-12-8-15-16-11(12)3/h4-5,8-9,14H,6-7H2,1-3H3,(H,15,16).